The second-order valence-corrected chi connectivity index (χ2v) is 11.4. The maximum Gasteiger partial charge on any atom is 0.455 e. The number of hydrogen-bond acceptors (Lipinski definition) is 8. The third-order valence-electron chi connectivity index (χ3n) is 8.25. The first kappa shape index (κ1) is 44.2. The standard InChI is InChI=1S/C30H16F12O14/c31-25(32,27(35,55)29(37,38)39)13-2-1-3-24(26(33,34)28(36,56)30(40,41)42,14-7-9(19(45)46)6-12(21(49)50)16(14)23(53)54)17(13)10-4-8(18(43)44)5-11(20(47)48)15(10)22(51)52/h1-2,4-7,55-56H,3H2,(H,43,44)(H,45,46)(H,47,48)(H,49,50)(H,51,52)(H,53,54). The first-order chi connectivity index (χ1) is 25.1. The van der Waals surface area contributed by atoms with Crippen LogP contribution in [0.15, 0.2) is 42.0 Å². The molecule has 3 atom stereocenters. The Bertz CT molecular complexity index is 2150. The fourth-order valence-corrected chi connectivity index (χ4v) is 5.78. The summed E-state index contributed by atoms with van der Waals surface area (Å²) < 4.78 is 180. The molecule has 0 aromatic heterocycles. The van der Waals surface area contributed by atoms with Crippen LogP contribution in [-0.4, -0.2) is 113 Å². The highest BCUT2D eigenvalue weighted by Crippen LogP contribution is 2.65. The lowest BCUT2D eigenvalue weighted by Gasteiger charge is -2.49. The Balaban J connectivity index is 3.17. The number of aromatic carboxylic acids is 6. The number of rotatable bonds is 12. The molecular weight excluding hydrogens is 812 g/mol. The molecule has 2 aromatic carbocycles. The van der Waals surface area contributed by atoms with Crippen molar-refractivity contribution in [3.8, 4) is 0 Å². The van der Waals surface area contributed by atoms with Crippen LogP contribution in [0.5, 0.6) is 0 Å². The van der Waals surface area contributed by atoms with Crippen molar-refractivity contribution in [3.63, 3.8) is 0 Å². The van der Waals surface area contributed by atoms with Crippen LogP contribution in [0.2, 0.25) is 0 Å². The van der Waals surface area contributed by atoms with Crippen LogP contribution in [0.3, 0.4) is 0 Å². The van der Waals surface area contributed by atoms with Crippen LogP contribution >= 0.6 is 0 Å². The number of benzene rings is 2. The Morgan fingerprint density at radius 1 is 0.536 bits per heavy atom. The summed E-state index contributed by atoms with van der Waals surface area (Å²) in [5.74, 6) is -45.6. The van der Waals surface area contributed by atoms with Crippen molar-refractivity contribution >= 4 is 41.4 Å². The number of carboxylic acids is 6. The van der Waals surface area contributed by atoms with Gasteiger partial charge in [-0.1, -0.05) is 12.2 Å². The van der Waals surface area contributed by atoms with Crippen LogP contribution in [0.1, 0.15) is 79.7 Å². The SMILES string of the molecule is O=C(O)c1cc(C(=O)O)c(C(=O)O)c(C2=C(C(F)(F)C(O)(F)C(F)(F)F)C=CCC2(c2cc(C(=O)O)cc(C(=O)O)c2C(=O)O)C(F)(F)C(O)(F)C(F)(F)F)c1. The van der Waals surface area contributed by atoms with Crippen LogP contribution in [0.4, 0.5) is 52.7 Å². The third kappa shape index (κ3) is 6.42. The van der Waals surface area contributed by atoms with Crippen LogP contribution < -0.4 is 0 Å². The Labute approximate surface area is 298 Å². The molecule has 0 fully saturated rings. The summed E-state index contributed by atoms with van der Waals surface area (Å²) in [7, 11) is 0. The molecule has 3 unspecified atom stereocenters. The largest absolute Gasteiger partial charge is 0.478 e. The van der Waals surface area contributed by atoms with E-state index in [4.69, 9.17) is 0 Å². The molecule has 0 amide bonds. The van der Waals surface area contributed by atoms with Gasteiger partial charge in [0.25, 0.3) is 0 Å². The molecule has 56 heavy (non-hydrogen) atoms. The Hall–Kier alpha value is -6.18. The zero-order valence-corrected chi connectivity index (χ0v) is 26.2. The van der Waals surface area contributed by atoms with Gasteiger partial charge in [0.05, 0.1) is 38.8 Å². The lowest BCUT2D eigenvalue weighted by atomic mass is 9.57. The fourth-order valence-electron chi connectivity index (χ4n) is 5.78. The van der Waals surface area contributed by atoms with Crippen molar-refractivity contribution in [2.45, 2.75) is 47.7 Å². The zero-order valence-electron chi connectivity index (χ0n) is 26.2. The summed E-state index contributed by atoms with van der Waals surface area (Å²) in [6, 6.07) is -1.69. The second-order valence-electron chi connectivity index (χ2n) is 11.4. The van der Waals surface area contributed by atoms with Gasteiger partial charge >= 0.3 is 71.7 Å². The van der Waals surface area contributed by atoms with Gasteiger partial charge in [0.1, 0.15) is 0 Å². The minimum atomic E-state index is -7.50. The first-order valence-corrected chi connectivity index (χ1v) is 14.0. The number of alkyl halides is 12. The highest BCUT2D eigenvalue weighted by atomic mass is 19.4. The summed E-state index contributed by atoms with van der Waals surface area (Å²) in [5.41, 5.74) is -30.5. The van der Waals surface area contributed by atoms with E-state index in [1.54, 1.807) is 0 Å². The molecular formula is C30H16F12O14. The predicted molar refractivity (Wildman–Crippen MR) is 151 cm³/mol. The van der Waals surface area contributed by atoms with E-state index in [2.05, 4.69) is 0 Å². The molecule has 14 nitrogen and oxygen atoms in total. The van der Waals surface area contributed by atoms with Gasteiger partial charge in [0, 0.05) is 5.57 Å². The molecule has 304 valence electrons. The topological polar surface area (TPSA) is 264 Å². The smallest absolute Gasteiger partial charge is 0.455 e. The van der Waals surface area contributed by atoms with Crippen molar-refractivity contribution < 1.29 is 122 Å². The molecule has 0 heterocycles. The maximum atomic E-state index is 17.0. The van der Waals surface area contributed by atoms with Crippen molar-refractivity contribution in [1.82, 2.24) is 0 Å². The number of carbonyl (C=O) groups is 6. The quantitative estimate of drug-likeness (QED) is 0.127. The predicted octanol–water partition coefficient (Wildman–Crippen LogP) is 5.24. The Morgan fingerprint density at radius 2 is 0.946 bits per heavy atom. The molecule has 2 aromatic rings. The molecule has 1 aliphatic carbocycles. The van der Waals surface area contributed by atoms with Crippen molar-refractivity contribution in [1.29, 1.82) is 0 Å². The molecule has 0 radical (unpaired) electrons. The highest BCUT2D eigenvalue weighted by molar-refractivity contribution is 6.10. The molecule has 0 saturated heterocycles. The van der Waals surface area contributed by atoms with Crippen LogP contribution in [0.25, 0.3) is 5.57 Å². The molecule has 26 heteroatoms. The van der Waals surface area contributed by atoms with Gasteiger partial charge in [-0.05, 0) is 47.4 Å². The third-order valence-corrected chi connectivity index (χ3v) is 8.25. The summed E-state index contributed by atoms with van der Waals surface area (Å²) >= 11 is 0. The zero-order chi connectivity index (χ0) is 43.7. The highest BCUT2D eigenvalue weighted by Gasteiger charge is 2.81. The van der Waals surface area contributed by atoms with Gasteiger partial charge in [-0.25, -0.2) is 28.8 Å². The number of allylic oxidation sites excluding steroid dienone is 3. The lowest BCUT2D eigenvalue weighted by Crippen LogP contribution is -2.66. The van der Waals surface area contributed by atoms with Crippen molar-refractivity contribution in [2.75, 3.05) is 0 Å². The van der Waals surface area contributed by atoms with E-state index in [1.807, 2.05) is 0 Å². The minimum Gasteiger partial charge on any atom is -0.478 e. The van der Waals surface area contributed by atoms with Gasteiger partial charge in [-0.3, -0.25) is 0 Å². The van der Waals surface area contributed by atoms with Crippen LogP contribution in [0, 0.1) is 0 Å². The van der Waals surface area contributed by atoms with E-state index in [-0.39, 0.29) is 12.1 Å². The van der Waals surface area contributed by atoms with Gasteiger partial charge in [-0.15, -0.1) is 0 Å². The number of aliphatic hydroxyl groups is 2. The summed E-state index contributed by atoms with van der Waals surface area (Å²) in [6.07, 6.45) is -18.7. The van der Waals surface area contributed by atoms with E-state index >= 15 is 26.3 Å². The van der Waals surface area contributed by atoms with Gasteiger partial charge in [0.2, 0.25) is 0 Å². The minimum absolute atomic E-state index is 0.229. The fraction of sp³-hybridized carbons (Fsp3) is 0.267. The number of hydrogen-bond donors (Lipinski definition) is 8. The normalized spacial score (nSPS) is 18.8. The first-order valence-electron chi connectivity index (χ1n) is 14.0. The molecule has 8 N–H and O–H groups in total. The second kappa shape index (κ2) is 13.5. The summed E-state index contributed by atoms with van der Waals surface area (Å²) in [6.45, 7) is 0. The molecule has 1 aliphatic rings. The maximum absolute atomic E-state index is 17.0. The average Bonchev–Trinajstić information content (AvgIpc) is 3.04. The molecule has 0 aliphatic heterocycles. The van der Waals surface area contributed by atoms with Crippen LogP contribution in [-0.2, 0) is 5.41 Å². The molecule has 0 spiro atoms. The molecule has 0 saturated carbocycles. The van der Waals surface area contributed by atoms with E-state index in [9.17, 15) is 96.0 Å². The lowest BCUT2D eigenvalue weighted by molar-refractivity contribution is -0.395. The van der Waals surface area contributed by atoms with Crippen molar-refractivity contribution in [2.24, 2.45) is 0 Å². The van der Waals surface area contributed by atoms with E-state index in [0.29, 0.717) is 0 Å². The number of halogens is 12. The molecule has 0 bridgehead atoms. The van der Waals surface area contributed by atoms with Gasteiger partial charge in [-0.2, -0.15) is 52.7 Å². The summed E-state index contributed by atoms with van der Waals surface area (Å²) in [5, 5.41) is 77.9. The van der Waals surface area contributed by atoms with Crippen molar-refractivity contribution in [3.05, 3.63) is 86.5 Å². The van der Waals surface area contributed by atoms with Gasteiger partial charge < -0.3 is 40.9 Å². The average molecular weight is 828 g/mol. The van der Waals surface area contributed by atoms with E-state index in [1.165, 1.54) is 0 Å². The monoisotopic (exact) mass is 828 g/mol. The number of carboxylic acid groups (broad SMARTS) is 6. The Morgan fingerprint density at radius 3 is 1.32 bits per heavy atom. The Kier molecular flexibility index (Phi) is 10.7. The summed E-state index contributed by atoms with van der Waals surface area (Å²) in [4.78, 5) is 73.3. The van der Waals surface area contributed by atoms with E-state index in [0.717, 1.165) is 0 Å². The van der Waals surface area contributed by atoms with Gasteiger partial charge in [0.15, 0.2) is 0 Å². The molecule has 3 rings (SSSR count). The van der Waals surface area contributed by atoms with E-state index < -0.39 is 163 Å².